The van der Waals surface area contributed by atoms with Crippen LogP contribution in [0.4, 0.5) is 5.82 Å². The molecule has 35 heavy (non-hydrogen) atoms. The average Bonchev–Trinajstić information content (AvgIpc) is 2.90. The smallest absolute Gasteiger partial charge is 0.320 e. The summed E-state index contributed by atoms with van der Waals surface area (Å²) in [6.45, 7) is 17.0. The summed E-state index contributed by atoms with van der Waals surface area (Å²) >= 11 is 0. The molecule has 3 aromatic rings. The Hall–Kier alpha value is -2.84. The van der Waals surface area contributed by atoms with Gasteiger partial charge in [0.15, 0.2) is 17.0 Å². The molecule has 8 nitrogen and oxygen atoms in total. The standard InChI is InChI=1S/C25H34N6O2.C2H6/c1-4-9-31(10-5-2)24-22-23(26-18-21(27-22)20-8-6-7-19(3)17-20)28-25(29-24)33-16-13-30-11-14-32-15-12-30;1-2/h6-8,17-18H,4-5,9-16H2,1-3H3;1-2H3. The first-order valence-corrected chi connectivity index (χ1v) is 13.0. The summed E-state index contributed by atoms with van der Waals surface area (Å²) in [5.74, 6) is 0.798. The van der Waals surface area contributed by atoms with Gasteiger partial charge in [0.1, 0.15) is 6.61 Å². The van der Waals surface area contributed by atoms with Crippen LogP contribution in [0.25, 0.3) is 22.4 Å². The maximum Gasteiger partial charge on any atom is 0.320 e. The summed E-state index contributed by atoms with van der Waals surface area (Å²) in [6, 6.07) is 8.66. The molecule has 0 radical (unpaired) electrons. The van der Waals surface area contributed by atoms with Crippen molar-refractivity contribution in [1.82, 2.24) is 24.8 Å². The fraction of sp³-hybridized carbons (Fsp3) is 0.556. The molecule has 4 rings (SSSR count). The highest BCUT2D eigenvalue weighted by Crippen LogP contribution is 2.27. The van der Waals surface area contributed by atoms with E-state index in [0.29, 0.717) is 18.3 Å². The van der Waals surface area contributed by atoms with Gasteiger partial charge in [-0.25, -0.2) is 9.97 Å². The lowest BCUT2D eigenvalue weighted by Gasteiger charge is -2.26. The summed E-state index contributed by atoms with van der Waals surface area (Å²) in [4.78, 5) is 23.6. The molecule has 1 fully saturated rings. The topological polar surface area (TPSA) is 76.5 Å². The maximum absolute atomic E-state index is 6.00. The van der Waals surface area contributed by atoms with E-state index in [1.165, 1.54) is 5.56 Å². The molecule has 0 saturated carbocycles. The number of ether oxygens (including phenoxy) is 2. The third kappa shape index (κ3) is 7.32. The van der Waals surface area contributed by atoms with Gasteiger partial charge in [-0.3, -0.25) is 4.90 Å². The Morgan fingerprint density at radius 1 is 1.03 bits per heavy atom. The molecule has 1 aromatic carbocycles. The van der Waals surface area contributed by atoms with Crippen molar-refractivity contribution >= 4 is 17.0 Å². The largest absolute Gasteiger partial charge is 0.462 e. The highest BCUT2D eigenvalue weighted by atomic mass is 16.5. The highest BCUT2D eigenvalue weighted by Gasteiger charge is 2.18. The molecule has 1 aliphatic rings. The van der Waals surface area contributed by atoms with Crippen LogP contribution in [0.5, 0.6) is 6.01 Å². The van der Waals surface area contributed by atoms with Crippen LogP contribution < -0.4 is 9.64 Å². The second-order valence-corrected chi connectivity index (χ2v) is 8.42. The SMILES string of the molecule is CC.CCCN(CCC)c1nc(OCCN2CCOCC2)nc2ncc(-c3cccc(C)c3)nc12. The molecule has 1 saturated heterocycles. The van der Waals surface area contributed by atoms with Gasteiger partial charge in [-0.15, -0.1) is 0 Å². The van der Waals surface area contributed by atoms with Crippen molar-refractivity contribution in [2.75, 3.05) is 57.4 Å². The Kier molecular flexibility index (Phi) is 10.6. The molecule has 0 spiro atoms. The minimum Gasteiger partial charge on any atom is -0.462 e. The molecule has 3 heterocycles. The third-order valence-electron chi connectivity index (χ3n) is 5.71. The van der Waals surface area contributed by atoms with Crippen LogP contribution in [-0.4, -0.2) is 77.4 Å². The van der Waals surface area contributed by atoms with Gasteiger partial charge in [0.25, 0.3) is 0 Å². The summed E-state index contributed by atoms with van der Waals surface area (Å²) in [7, 11) is 0. The van der Waals surface area contributed by atoms with Gasteiger partial charge in [-0.1, -0.05) is 51.5 Å². The number of aryl methyl sites for hydroxylation is 1. The predicted octanol–water partition coefficient (Wildman–Crippen LogP) is 4.76. The first-order chi connectivity index (χ1) is 17.2. The molecule has 1 aliphatic heterocycles. The predicted molar refractivity (Wildman–Crippen MR) is 142 cm³/mol. The lowest BCUT2D eigenvalue weighted by Crippen LogP contribution is -2.38. The molecule has 0 bridgehead atoms. The van der Waals surface area contributed by atoms with Gasteiger partial charge < -0.3 is 14.4 Å². The second-order valence-electron chi connectivity index (χ2n) is 8.42. The summed E-state index contributed by atoms with van der Waals surface area (Å²) in [6.07, 6.45) is 3.82. The van der Waals surface area contributed by atoms with Gasteiger partial charge in [-0.2, -0.15) is 9.97 Å². The zero-order valence-corrected chi connectivity index (χ0v) is 22.0. The number of rotatable bonds is 10. The number of anilines is 1. The molecule has 8 heteroatoms. The Labute approximate surface area is 209 Å². The molecule has 2 aromatic heterocycles. The van der Waals surface area contributed by atoms with Crippen LogP contribution in [0, 0.1) is 6.92 Å². The Morgan fingerprint density at radius 2 is 1.77 bits per heavy atom. The van der Waals surface area contributed by atoms with Crippen molar-refractivity contribution < 1.29 is 9.47 Å². The van der Waals surface area contributed by atoms with Crippen LogP contribution in [0.15, 0.2) is 30.5 Å². The molecule has 0 N–H and O–H groups in total. The van der Waals surface area contributed by atoms with Crippen LogP contribution in [-0.2, 0) is 4.74 Å². The van der Waals surface area contributed by atoms with Crippen LogP contribution >= 0.6 is 0 Å². The van der Waals surface area contributed by atoms with Crippen LogP contribution in [0.2, 0.25) is 0 Å². The zero-order chi connectivity index (χ0) is 25.0. The van der Waals surface area contributed by atoms with Crippen molar-refractivity contribution in [3.63, 3.8) is 0 Å². The first-order valence-electron chi connectivity index (χ1n) is 13.0. The first kappa shape index (κ1) is 26.8. The molecular weight excluding hydrogens is 440 g/mol. The number of nitrogens with zero attached hydrogens (tertiary/aromatic N) is 6. The molecule has 0 aliphatic carbocycles. The average molecular weight is 481 g/mol. The molecule has 190 valence electrons. The molecular formula is C27H40N6O2. The van der Waals surface area contributed by atoms with Gasteiger partial charge in [-0.05, 0) is 25.8 Å². The van der Waals surface area contributed by atoms with Gasteiger partial charge in [0, 0.05) is 38.3 Å². The van der Waals surface area contributed by atoms with Crippen LogP contribution in [0.1, 0.15) is 46.1 Å². The van der Waals surface area contributed by atoms with E-state index < -0.39 is 0 Å². The quantitative estimate of drug-likeness (QED) is 0.411. The fourth-order valence-corrected chi connectivity index (χ4v) is 4.06. The van der Waals surface area contributed by atoms with Crippen molar-refractivity contribution in [3.8, 4) is 17.3 Å². The maximum atomic E-state index is 6.00. The van der Waals surface area contributed by atoms with E-state index in [0.717, 1.165) is 81.4 Å². The minimum atomic E-state index is 0.362. The minimum absolute atomic E-state index is 0.362. The van der Waals surface area contributed by atoms with E-state index in [9.17, 15) is 0 Å². The van der Waals surface area contributed by atoms with Crippen molar-refractivity contribution in [1.29, 1.82) is 0 Å². The Bertz CT molecular complexity index is 1050. The zero-order valence-electron chi connectivity index (χ0n) is 22.0. The second kappa shape index (κ2) is 13.9. The normalized spacial score (nSPS) is 13.9. The van der Waals surface area contributed by atoms with Crippen molar-refractivity contribution in [2.45, 2.75) is 47.5 Å². The molecule has 0 atom stereocenters. The van der Waals surface area contributed by atoms with E-state index in [4.69, 9.17) is 19.4 Å². The van der Waals surface area contributed by atoms with Gasteiger partial charge in [0.2, 0.25) is 0 Å². The number of fused-ring (bicyclic) bond motifs is 1. The van der Waals surface area contributed by atoms with E-state index in [1.807, 2.05) is 19.9 Å². The number of hydrogen-bond donors (Lipinski definition) is 0. The van der Waals surface area contributed by atoms with E-state index in [1.54, 1.807) is 6.20 Å². The number of benzene rings is 1. The number of morpholine rings is 1. The summed E-state index contributed by atoms with van der Waals surface area (Å²) < 4.78 is 11.4. The fourth-order valence-electron chi connectivity index (χ4n) is 4.06. The third-order valence-corrected chi connectivity index (χ3v) is 5.71. The summed E-state index contributed by atoms with van der Waals surface area (Å²) in [5.41, 5.74) is 4.34. The Morgan fingerprint density at radius 3 is 2.46 bits per heavy atom. The molecule has 0 unspecified atom stereocenters. The number of aromatic nitrogens is 4. The van der Waals surface area contributed by atoms with Gasteiger partial charge in [0.05, 0.1) is 25.1 Å². The highest BCUT2D eigenvalue weighted by molar-refractivity contribution is 5.85. The van der Waals surface area contributed by atoms with Gasteiger partial charge >= 0.3 is 6.01 Å². The van der Waals surface area contributed by atoms with E-state index in [-0.39, 0.29) is 0 Å². The van der Waals surface area contributed by atoms with Crippen molar-refractivity contribution in [3.05, 3.63) is 36.0 Å². The Balaban J connectivity index is 0.00000167. The number of hydrogen-bond acceptors (Lipinski definition) is 8. The van der Waals surface area contributed by atoms with E-state index >= 15 is 0 Å². The lowest BCUT2D eigenvalue weighted by molar-refractivity contribution is 0.0317. The van der Waals surface area contributed by atoms with Crippen molar-refractivity contribution in [2.24, 2.45) is 0 Å². The lowest BCUT2D eigenvalue weighted by atomic mass is 10.1. The van der Waals surface area contributed by atoms with Crippen LogP contribution in [0.3, 0.4) is 0 Å². The molecule has 0 amide bonds. The monoisotopic (exact) mass is 480 g/mol. The van der Waals surface area contributed by atoms with E-state index in [2.05, 4.69) is 58.7 Å². The summed E-state index contributed by atoms with van der Waals surface area (Å²) in [5, 5.41) is 0.